The zero-order valence-electron chi connectivity index (χ0n) is 11.1. The minimum Gasteiger partial charge on any atom is -0.480 e. The summed E-state index contributed by atoms with van der Waals surface area (Å²) in [5.74, 6) is -1.01. The Morgan fingerprint density at radius 2 is 2.24 bits per heavy atom. The molecule has 21 heavy (non-hydrogen) atoms. The molecule has 0 aliphatic carbocycles. The molecule has 108 valence electrons. The first-order valence-electron chi connectivity index (χ1n) is 6.29. The number of azide groups is 1. The van der Waals surface area contributed by atoms with Crippen molar-refractivity contribution in [1.82, 2.24) is 15.1 Å². The summed E-state index contributed by atoms with van der Waals surface area (Å²) >= 11 is 0. The summed E-state index contributed by atoms with van der Waals surface area (Å²) in [5, 5.41) is 19.6. The molecule has 2 aromatic rings. The maximum atomic E-state index is 11.3. The summed E-state index contributed by atoms with van der Waals surface area (Å²) < 4.78 is 1.61. The molecule has 1 aromatic carbocycles. The van der Waals surface area contributed by atoms with Gasteiger partial charge in [-0.3, -0.25) is 4.79 Å². The number of para-hydroxylation sites is 1. The van der Waals surface area contributed by atoms with E-state index in [0.717, 1.165) is 5.69 Å². The van der Waals surface area contributed by atoms with E-state index in [1.807, 2.05) is 30.3 Å². The summed E-state index contributed by atoms with van der Waals surface area (Å²) in [4.78, 5) is 13.9. The lowest BCUT2D eigenvalue weighted by molar-refractivity contribution is -0.139. The Morgan fingerprint density at radius 1 is 1.48 bits per heavy atom. The maximum Gasteiger partial charge on any atom is 0.325 e. The van der Waals surface area contributed by atoms with E-state index >= 15 is 0 Å². The van der Waals surface area contributed by atoms with Crippen LogP contribution < -0.4 is 5.32 Å². The molecule has 1 atom stereocenters. The summed E-state index contributed by atoms with van der Waals surface area (Å²) in [6.07, 6.45) is 3.17. The van der Waals surface area contributed by atoms with E-state index in [1.165, 1.54) is 6.20 Å². The molecular weight excluding hydrogens is 272 g/mol. The van der Waals surface area contributed by atoms with Crippen LogP contribution in [0.3, 0.4) is 0 Å². The molecule has 0 aliphatic rings. The molecule has 0 saturated carbocycles. The first kappa shape index (κ1) is 14.6. The zero-order chi connectivity index (χ0) is 15.1. The first-order chi connectivity index (χ1) is 10.2. The third kappa shape index (κ3) is 3.82. The monoisotopic (exact) mass is 286 g/mol. The molecule has 1 aromatic heterocycles. The number of nitrogens with one attached hydrogen (secondary N) is 1. The molecule has 0 amide bonds. The van der Waals surface area contributed by atoms with Gasteiger partial charge in [-0.05, 0) is 17.7 Å². The number of hydrogen-bond donors (Lipinski definition) is 2. The molecule has 2 N–H and O–H groups in total. The second kappa shape index (κ2) is 7.09. The van der Waals surface area contributed by atoms with Crippen LogP contribution in [0.4, 0.5) is 0 Å². The van der Waals surface area contributed by atoms with Crippen LogP contribution in [0.2, 0.25) is 0 Å². The van der Waals surface area contributed by atoms with E-state index in [2.05, 4.69) is 20.4 Å². The third-order valence-electron chi connectivity index (χ3n) is 2.83. The van der Waals surface area contributed by atoms with Gasteiger partial charge in [0.2, 0.25) is 0 Å². The Morgan fingerprint density at radius 3 is 2.90 bits per heavy atom. The van der Waals surface area contributed by atoms with Crippen LogP contribution in [0, 0.1) is 0 Å². The number of carboxylic acid groups (broad SMARTS) is 1. The number of nitrogens with zero attached hydrogens (tertiary/aromatic N) is 5. The molecular formula is C13H14N6O2. The molecule has 0 saturated heterocycles. The van der Waals surface area contributed by atoms with Gasteiger partial charge < -0.3 is 10.4 Å². The maximum absolute atomic E-state index is 11.3. The Balaban J connectivity index is 2.12. The lowest BCUT2D eigenvalue weighted by atomic mass is 10.1. The second-order valence-electron chi connectivity index (χ2n) is 4.23. The largest absolute Gasteiger partial charge is 0.480 e. The molecule has 2 rings (SSSR count). The van der Waals surface area contributed by atoms with Crippen molar-refractivity contribution in [2.24, 2.45) is 5.11 Å². The third-order valence-corrected chi connectivity index (χ3v) is 2.83. The van der Waals surface area contributed by atoms with Crippen LogP contribution in [0.25, 0.3) is 16.1 Å². The van der Waals surface area contributed by atoms with Crippen molar-refractivity contribution in [3.05, 3.63) is 58.7 Å². The molecule has 0 radical (unpaired) electrons. The number of carboxylic acids is 1. The average Bonchev–Trinajstić information content (AvgIpc) is 2.97. The number of rotatable bonds is 7. The molecule has 8 heteroatoms. The number of aromatic nitrogens is 2. The van der Waals surface area contributed by atoms with E-state index < -0.39 is 12.0 Å². The Labute approximate surface area is 120 Å². The van der Waals surface area contributed by atoms with E-state index in [9.17, 15) is 9.90 Å². The lowest BCUT2D eigenvalue weighted by Crippen LogP contribution is -2.30. The van der Waals surface area contributed by atoms with E-state index in [4.69, 9.17) is 5.53 Å². The number of benzene rings is 1. The van der Waals surface area contributed by atoms with Gasteiger partial charge in [-0.25, -0.2) is 4.68 Å². The topological polar surface area (TPSA) is 116 Å². The van der Waals surface area contributed by atoms with Crippen LogP contribution in [-0.2, 0) is 4.79 Å². The minimum atomic E-state index is -1.01. The van der Waals surface area contributed by atoms with Gasteiger partial charge in [-0.15, -0.1) is 0 Å². The van der Waals surface area contributed by atoms with Crippen LogP contribution in [0.1, 0.15) is 11.6 Å². The second-order valence-corrected chi connectivity index (χ2v) is 4.23. The van der Waals surface area contributed by atoms with Crippen molar-refractivity contribution < 1.29 is 9.90 Å². The zero-order valence-corrected chi connectivity index (χ0v) is 11.1. The molecule has 1 heterocycles. The highest BCUT2D eigenvalue weighted by Crippen LogP contribution is 2.15. The SMILES string of the molecule is [N-]=[N+]=NCCNC(C(=O)O)c1cnn(-c2ccccc2)c1. The van der Waals surface area contributed by atoms with Gasteiger partial charge in [0.15, 0.2) is 0 Å². The van der Waals surface area contributed by atoms with Crippen molar-refractivity contribution in [3.63, 3.8) is 0 Å². The van der Waals surface area contributed by atoms with E-state index in [-0.39, 0.29) is 13.1 Å². The number of hydrogen-bond acceptors (Lipinski definition) is 4. The number of carbonyl (C=O) groups is 1. The number of aliphatic carboxylic acids is 1. The molecule has 0 aliphatic heterocycles. The molecule has 8 nitrogen and oxygen atoms in total. The fourth-order valence-corrected chi connectivity index (χ4v) is 1.86. The van der Waals surface area contributed by atoms with Gasteiger partial charge in [0.05, 0.1) is 11.9 Å². The van der Waals surface area contributed by atoms with Crippen LogP contribution in [-0.4, -0.2) is 33.9 Å². The van der Waals surface area contributed by atoms with E-state index in [1.54, 1.807) is 10.9 Å². The predicted octanol–water partition coefficient (Wildman–Crippen LogP) is 1.90. The molecule has 0 fully saturated rings. The minimum absolute atomic E-state index is 0.188. The average molecular weight is 286 g/mol. The van der Waals surface area contributed by atoms with Crippen LogP contribution >= 0.6 is 0 Å². The highest BCUT2D eigenvalue weighted by atomic mass is 16.4. The fourth-order valence-electron chi connectivity index (χ4n) is 1.86. The van der Waals surface area contributed by atoms with Crippen LogP contribution in [0.15, 0.2) is 47.8 Å². The predicted molar refractivity (Wildman–Crippen MR) is 76.0 cm³/mol. The smallest absolute Gasteiger partial charge is 0.325 e. The molecule has 0 spiro atoms. The van der Waals surface area contributed by atoms with Crippen molar-refractivity contribution in [3.8, 4) is 5.69 Å². The Kier molecular flexibility index (Phi) is 4.92. The van der Waals surface area contributed by atoms with Crippen LogP contribution in [0.5, 0.6) is 0 Å². The van der Waals surface area contributed by atoms with Gasteiger partial charge in [-0.2, -0.15) is 5.10 Å². The quantitative estimate of drug-likeness (QED) is 0.350. The van der Waals surface area contributed by atoms with Gasteiger partial charge >= 0.3 is 5.97 Å². The highest BCUT2D eigenvalue weighted by molar-refractivity contribution is 5.75. The Bertz CT molecular complexity index is 648. The first-order valence-corrected chi connectivity index (χ1v) is 6.29. The molecule has 0 bridgehead atoms. The fraction of sp³-hybridized carbons (Fsp3) is 0.231. The standard InChI is InChI=1S/C13H14N6O2/c14-18-16-7-6-15-12(13(20)21)10-8-17-19(9-10)11-4-2-1-3-5-11/h1-5,8-9,12,15H,6-7H2,(H,20,21). The summed E-state index contributed by atoms with van der Waals surface area (Å²) in [5.41, 5.74) is 9.57. The van der Waals surface area contributed by atoms with Gasteiger partial charge in [0.25, 0.3) is 0 Å². The van der Waals surface area contributed by atoms with Gasteiger partial charge in [0, 0.05) is 29.8 Å². The normalized spacial score (nSPS) is 11.6. The summed E-state index contributed by atoms with van der Waals surface area (Å²) in [7, 11) is 0. The van der Waals surface area contributed by atoms with Crippen molar-refractivity contribution in [2.75, 3.05) is 13.1 Å². The Hall–Kier alpha value is -2.83. The van der Waals surface area contributed by atoms with Gasteiger partial charge in [0.1, 0.15) is 6.04 Å². The van der Waals surface area contributed by atoms with Crippen molar-refractivity contribution >= 4 is 5.97 Å². The molecule has 1 unspecified atom stereocenters. The van der Waals surface area contributed by atoms with Gasteiger partial charge in [-0.1, -0.05) is 23.3 Å². The lowest BCUT2D eigenvalue weighted by Gasteiger charge is -2.11. The van der Waals surface area contributed by atoms with E-state index in [0.29, 0.717) is 5.56 Å². The summed E-state index contributed by atoms with van der Waals surface area (Å²) in [6.45, 7) is 0.463. The summed E-state index contributed by atoms with van der Waals surface area (Å²) in [6, 6.07) is 8.51. The van der Waals surface area contributed by atoms with Crippen molar-refractivity contribution in [1.29, 1.82) is 0 Å². The van der Waals surface area contributed by atoms with Crippen molar-refractivity contribution in [2.45, 2.75) is 6.04 Å². The highest BCUT2D eigenvalue weighted by Gasteiger charge is 2.20.